The van der Waals surface area contributed by atoms with E-state index < -0.39 is 11.6 Å². The zero-order valence-corrected chi connectivity index (χ0v) is 15.1. The van der Waals surface area contributed by atoms with Gasteiger partial charge in [-0.3, -0.25) is 4.90 Å². The second-order valence-electron chi connectivity index (χ2n) is 6.76. The molecule has 1 aromatic carbocycles. The second-order valence-corrected chi connectivity index (χ2v) is 6.76. The maximum absolute atomic E-state index is 12.3. The highest BCUT2D eigenvalue weighted by Crippen LogP contribution is 2.39. The molecule has 2 aliphatic rings. The topological polar surface area (TPSA) is 106 Å². The summed E-state index contributed by atoms with van der Waals surface area (Å²) in [5.74, 6) is 0.109. The molecule has 7 nitrogen and oxygen atoms in total. The highest BCUT2D eigenvalue weighted by atomic mass is 16.5. The number of hydrogen-bond donors (Lipinski definition) is 2. The molecule has 138 valence electrons. The van der Waals surface area contributed by atoms with Crippen LogP contribution in [0.2, 0.25) is 0 Å². The van der Waals surface area contributed by atoms with Crippen LogP contribution in [0.5, 0.6) is 0 Å². The number of nitrogens with zero attached hydrogens (tertiary/aromatic N) is 3. The van der Waals surface area contributed by atoms with Gasteiger partial charge in [-0.05, 0) is 56.4 Å². The van der Waals surface area contributed by atoms with Crippen LogP contribution in [0, 0.1) is 6.92 Å². The third-order valence-electron chi connectivity index (χ3n) is 4.74. The number of carbonyl (C=O) groups excluding carboxylic acids is 1. The number of esters is 1. The summed E-state index contributed by atoms with van der Waals surface area (Å²) in [5.41, 5.74) is 13.8. The minimum absolute atomic E-state index is 0.167. The average molecular weight is 355 g/mol. The number of benzene rings is 1. The lowest BCUT2D eigenvalue weighted by molar-refractivity contribution is 0.0549. The Kier molecular flexibility index (Phi) is 4.97. The fraction of sp³-hybridized carbons (Fsp3) is 0.421. The van der Waals surface area contributed by atoms with Crippen molar-refractivity contribution in [3.05, 3.63) is 42.0 Å². The van der Waals surface area contributed by atoms with Crippen LogP contribution >= 0.6 is 0 Å². The Morgan fingerprint density at radius 3 is 2.73 bits per heavy atom. The van der Waals surface area contributed by atoms with Crippen LogP contribution in [0.4, 0.5) is 5.69 Å². The van der Waals surface area contributed by atoms with Gasteiger partial charge in [-0.1, -0.05) is 19.1 Å². The van der Waals surface area contributed by atoms with Gasteiger partial charge in [0.2, 0.25) is 11.9 Å². The summed E-state index contributed by atoms with van der Waals surface area (Å²) in [6.45, 7) is 5.66. The van der Waals surface area contributed by atoms with Gasteiger partial charge in [0.15, 0.2) is 0 Å². The number of aryl methyl sites for hydroxylation is 1. The maximum Gasteiger partial charge on any atom is 0.338 e. The normalized spacial score (nSPS) is 18.9. The fourth-order valence-corrected chi connectivity index (χ4v) is 3.72. The minimum Gasteiger partial charge on any atom is -0.458 e. The third-order valence-corrected chi connectivity index (χ3v) is 4.74. The first-order valence-corrected chi connectivity index (χ1v) is 8.85. The third kappa shape index (κ3) is 3.42. The lowest BCUT2D eigenvalue weighted by atomic mass is 9.87. The van der Waals surface area contributed by atoms with E-state index in [4.69, 9.17) is 16.2 Å². The van der Waals surface area contributed by atoms with E-state index >= 15 is 0 Å². The molecule has 7 heteroatoms. The van der Waals surface area contributed by atoms with Gasteiger partial charge in [0.05, 0.1) is 5.56 Å². The Bertz CT molecular complexity index is 778. The standard InChI is InChI=1S/C19H25N5O2/c1-3-9-26-16(25)14-10-13(2)11-15(12-14)24-18(21)22-17(20)23-19(24)7-5-4-6-8-19/h3,10-12H,1,4-9H2,2H3,(H4,20,21,22,23). The van der Waals surface area contributed by atoms with Crippen molar-refractivity contribution < 1.29 is 9.53 Å². The number of ether oxygens (including phenoxy) is 1. The van der Waals surface area contributed by atoms with Crippen LogP contribution in [0.3, 0.4) is 0 Å². The van der Waals surface area contributed by atoms with Crippen LogP contribution in [-0.2, 0) is 4.74 Å². The molecule has 0 saturated heterocycles. The highest BCUT2D eigenvalue weighted by Gasteiger charge is 2.42. The van der Waals surface area contributed by atoms with Crippen LogP contribution in [0.25, 0.3) is 0 Å². The minimum atomic E-state index is -0.537. The van der Waals surface area contributed by atoms with Crippen LogP contribution < -0.4 is 16.4 Å². The number of guanidine groups is 2. The van der Waals surface area contributed by atoms with Crippen LogP contribution in [-0.4, -0.2) is 30.2 Å². The molecule has 0 bridgehead atoms. The van der Waals surface area contributed by atoms with Gasteiger partial charge in [-0.15, -0.1) is 0 Å². The van der Waals surface area contributed by atoms with Crippen molar-refractivity contribution in [2.75, 3.05) is 11.5 Å². The van der Waals surface area contributed by atoms with Gasteiger partial charge in [0, 0.05) is 5.69 Å². The van der Waals surface area contributed by atoms with E-state index in [-0.39, 0.29) is 12.6 Å². The van der Waals surface area contributed by atoms with Crippen molar-refractivity contribution >= 4 is 23.6 Å². The molecule has 4 N–H and O–H groups in total. The van der Waals surface area contributed by atoms with Gasteiger partial charge < -0.3 is 16.2 Å². The van der Waals surface area contributed by atoms with Crippen molar-refractivity contribution in [2.45, 2.75) is 44.7 Å². The van der Waals surface area contributed by atoms with E-state index in [0.29, 0.717) is 11.5 Å². The van der Waals surface area contributed by atoms with E-state index in [1.807, 2.05) is 17.9 Å². The van der Waals surface area contributed by atoms with E-state index in [0.717, 1.165) is 43.4 Å². The molecule has 0 unspecified atom stereocenters. The van der Waals surface area contributed by atoms with E-state index in [9.17, 15) is 4.79 Å². The zero-order valence-electron chi connectivity index (χ0n) is 15.1. The maximum atomic E-state index is 12.3. The molecule has 1 heterocycles. The number of rotatable bonds is 4. The molecule has 0 amide bonds. The van der Waals surface area contributed by atoms with Crippen molar-refractivity contribution in [3.8, 4) is 0 Å². The summed E-state index contributed by atoms with van der Waals surface area (Å²) in [6, 6.07) is 5.53. The average Bonchev–Trinajstić information content (AvgIpc) is 2.59. The first-order chi connectivity index (χ1) is 12.4. The van der Waals surface area contributed by atoms with Crippen molar-refractivity contribution in [1.82, 2.24) is 0 Å². The summed E-state index contributed by atoms with van der Waals surface area (Å²) >= 11 is 0. The number of hydrogen-bond acceptors (Lipinski definition) is 7. The van der Waals surface area contributed by atoms with Crippen LogP contribution in [0.1, 0.15) is 48.0 Å². The molecule has 1 aliphatic carbocycles. The molecule has 1 fully saturated rings. The Morgan fingerprint density at radius 1 is 1.31 bits per heavy atom. The number of anilines is 1. The first kappa shape index (κ1) is 18.0. The smallest absolute Gasteiger partial charge is 0.338 e. The quantitative estimate of drug-likeness (QED) is 0.637. The molecular formula is C19H25N5O2. The van der Waals surface area contributed by atoms with Gasteiger partial charge >= 0.3 is 5.97 Å². The van der Waals surface area contributed by atoms with Gasteiger partial charge in [-0.25, -0.2) is 9.79 Å². The summed E-state index contributed by atoms with van der Waals surface area (Å²) < 4.78 is 5.17. The van der Waals surface area contributed by atoms with E-state index in [1.54, 1.807) is 18.2 Å². The van der Waals surface area contributed by atoms with E-state index in [2.05, 4.69) is 16.6 Å². The predicted molar refractivity (Wildman–Crippen MR) is 103 cm³/mol. The number of nitrogens with two attached hydrogens (primary N) is 2. The lowest BCUT2D eigenvalue weighted by Crippen LogP contribution is -2.58. The Morgan fingerprint density at radius 2 is 2.04 bits per heavy atom. The van der Waals surface area contributed by atoms with Crippen LogP contribution in [0.15, 0.2) is 40.8 Å². The molecule has 0 radical (unpaired) electrons. The first-order valence-electron chi connectivity index (χ1n) is 8.85. The highest BCUT2D eigenvalue weighted by molar-refractivity contribution is 6.06. The van der Waals surface area contributed by atoms with Crippen molar-refractivity contribution in [1.29, 1.82) is 0 Å². The molecule has 1 aliphatic heterocycles. The number of carbonyl (C=O) groups is 1. The molecule has 1 saturated carbocycles. The zero-order chi connectivity index (χ0) is 18.7. The molecule has 26 heavy (non-hydrogen) atoms. The van der Waals surface area contributed by atoms with Gasteiger partial charge in [-0.2, -0.15) is 4.99 Å². The van der Waals surface area contributed by atoms with Gasteiger partial charge in [0.25, 0.3) is 0 Å². The summed E-state index contributed by atoms with van der Waals surface area (Å²) in [4.78, 5) is 23.0. The molecular weight excluding hydrogens is 330 g/mol. The largest absolute Gasteiger partial charge is 0.458 e. The Labute approximate surface area is 153 Å². The monoisotopic (exact) mass is 355 g/mol. The molecule has 0 atom stereocenters. The molecule has 1 aromatic rings. The Balaban J connectivity index is 2.03. The Hall–Kier alpha value is -2.83. The van der Waals surface area contributed by atoms with E-state index in [1.165, 1.54) is 0 Å². The fourth-order valence-electron chi connectivity index (χ4n) is 3.72. The van der Waals surface area contributed by atoms with Gasteiger partial charge in [0.1, 0.15) is 12.3 Å². The van der Waals surface area contributed by atoms with Crippen molar-refractivity contribution in [3.63, 3.8) is 0 Å². The predicted octanol–water partition coefficient (Wildman–Crippen LogP) is 2.45. The number of aliphatic imine (C=N–C) groups is 2. The summed E-state index contributed by atoms with van der Waals surface area (Å²) in [5, 5.41) is 0. The van der Waals surface area contributed by atoms with Crippen molar-refractivity contribution in [2.24, 2.45) is 21.5 Å². The molecule has 3 rings (SSSR count). The summed E-state index contributed by atoms with van der Waals surface area (Å²) in [6.07, 6.45) is 6.47. The lowest BCUT2D eigenvalue weighted by Gasteiger charge is -2.45. The second kappa shape index (κ2) is 7.19. The summed E-state index contributed by atoms with van der Waals surface area (Å²) in [7, 11) is 0. The SMILES string of the molecule is C=CCOC(=O)c1cc(C)cc(N2C(N)=NC(N)=NC23CCCCC3)c1. The molecule has 1 spiro atoms. The molecule has 0 aromatic heterocycles.